The predicted molar refractivity (Wildman–Crippen MR) is 155 cm³/mol. The highest BCUT2D eigenvalue weighted by Gasteiger charge is 2.28. The van der Waals surface area contributed by atoms with Crippen LogP contribution >= 0.6 is 0 Å². The molecule has 0 aromatic heterocycles. The number of anilines is 2. The quantitative estimate of drug-likeness (QED) is 0.338. The Bertz CT molecular complexity index is 952. The summed E-state index contributed by atoms with van der Waals surface area (Å²) in [6, 6.07) is 11.4. The fourth-order valence-corrected chi connectivity index (χ4v) is 4.75. The molecule has 2 N–H and O–H groups in total. The fourth-order valence-electron chi connectivity index (χ4n) is 4.75. The molecule has 1 fully saturated rings. The van der Waals surface area contributed by atoms with E-state index in [0.29, 0.717) is 6.41 Å². The second-order valence-electron chi connectivity index (χ2n) is 9.27. The van der Waals surface area contributed by atoms with E-state index in [2.05, 4.69) is 24.5 Å². The van der Waals surface area contributed by atoms with Crippen molar-refractivity contribution in [1.29, 1.82) is 0 Å². The van der Waals surface area contributed by atoms with Crippen LogP contribution in [-0.2, 0) is 16.0 Å². The number of methoxy groups -OCH3 is 2. The summed E-state index contributed by atoms with van der Waals surface area (Å²) in [6.45, 7) is 12.6. The van der Waals surface area contributed by atoms with Gasteiger partial charge in [-0.25, -0.2) is 0 Å². The van der Waals surface area contributed by atoms with E-state index in [1.165, 1.54) is 19.3 Å². The standard InChI is InChI=1S/C19H29NO2.C10H13NO2.C2H6/c1-5-13(2)15-7-9-16(10-8-15)19(21)20-17-11-6-14(3)18(12-17)22-4;1-3-8-9(11-7-12)5-4-6-10(8)13-2;1-2/h6,11-13,15-16H,5,7-10H2,1-4H3,(H,20,21);4-7H,3H2,1-2H3,(H,11,12);1-2H3. The number of hydrogen-bond donors (Lipinski definition) is 2. The van der Waals surface area contributed by atoms with Gasteiger partial charge in [0.2, 0.25) is 12.3 Å². The smallest absolute Gasteiger partial charge is 0.227 e. The number of benzene rings is 2. The van der Waals surface area contributed by atoms with Crippen LogP contribution in [0.3, 0.4) is 0 Å². The van der Waals surface area contributed by atoms with Crippen molar-refractivity contribution in [3.8, 4) is 11.5 Å². The van der Waals surface area contributed by atoms with Gasteiger partial charge < -0.3 is 20.1 Å². The number of rotatable bonds is 9. The normalized spacial score (nSPS) is 17.1. The van der Waals surface area contributed by atoms with Crippen molar-refractivity contribution in [3.05, 3.63) is 47.5 Å². The lowest BCUT2D eigenvalue weighted by atomic mass is 9.75. The van der Waals surface area contributed by atoms with Crippen LogP contribution in [0.5, 0.6) is 11.5 Å². The molecule has 1 aliphatic rings. The molecule has 1 atom stereocenters. The number of amides is 2. The SMILES string of the molecule is CC.CCC(C)C1CCC(C(=O)Nc2ccc(C)c(OC)c2)CC1.CCc1c(NC=O)cccc1OC. The minimum Gasteiger partial charge on any atom is -0.496 e. The van der Waals surface area contributed by atoms with Crippen LogP contribution in [0.4, 0.5) is 11.4 Å². The molecule has 0 aliphatic heterocycles. The molecule has 0 saturated heterocycles. The Morgan fingerprint density at radius 3 is 2.22 bits per heavy atom. The number of nitrogens with one attached hydrogen (secondary N) is 2. The maximum atomic E-state index is 12.4. The van der Waals surface area contributed by atoms with Gasteiger partial charge in [0.15, 0.2) is 0 Å². The van der Waals surface area contributed by atoms with Crippen LogP contribution in [0.2, 0.25) is 0 Å². The van der Waals surface area contributed by atoms with Gasteiger partial charge in [-0.3, -0.25) is 9.59 Å². The van der Waals surface area contributed by atoms with Crippen molar-refractivity contribution in [1.82, 2.24) is 0 Å². The van der Waals surface area contributed by atoms with Gasteiger partial charge in [-0.05, 0) is 74.6 Å². The average molecular weight is 513 g/mol. The highest BCUT2D eigenvalue weighted by atomic mass is 16.5. The van der Waals surface area contributed by atoms with E-state index in [0.717, 1.165) is 65.1 Å². The third kappa shape index (κ3) is 9.75. The Morgan fingerprint density at radius 1 is 1.03 bits per heavy atom. The van der Waals surface area contributed by atoms with E-state index in [1.807, 2.05) is 64.1 Å². The zero-order valence-electron chi connectivity index (χ0n) is 24.1. The molecule has 1 unspecified atom stereocenters. The van der Waals surface area contributed by atoms with Crippen molar-refractivity contribution in [2.75, 3.05) is 24.9 Å². The highest BCUT2D eigenvalue weighted by molar-refractivity contribution is 5.92. The molecule has 2 aromatic carbocycles. The maximum Gasteiger partial charge on any atom is 0.227 e. The van der Waals surface area contributed by atoms with Gasteiger partial charge in [-0.15, -0.1) is 0 Å². The molecule has 6 nitrogen and oxygen atoms in total. The maximum absolute atomic E-state index is 12.4. The Balaban J connectivity index is 0.000000389. The van der Waals surface area contributed by atoms with Gasteiger partial charge in [0.05, 0.1) is 14.2 Å². The van der Waals surface area contributed by atoms with Crippen LogP contribution in [0.15, 0.2) is 36.4 Å². The number of carbonyl (C=O) groups is 2. The molecule has 37 heavy (non-hydrogen) atoms. The first-order valence-corrected chi connectivity index (χ1v) is 13.7. The molecule has 2 aromatic rings. The molecule has 1 aliphatic carbocycles. The minimum absolute atomic E-state index is 0.160. The lowest BCUT2D eigenvalue weighted by Crippen LogP contribution is -2.28. The van der Waals surface area contributed by atoms with Crippen LogP contribution in [0.1, 0.15) is 77.8 Å². The molecule has 206 valence electrons. The fraction of sp³-hybridized carbons (Fsp3) is 0.548. The van der Waals surface area contributed by atoms with Crippen LogP contribution in [0, 0.1) is 24.7 Å². The van der Waals surface area contributed by atoms with Gasteiger partial charge in [0.1, 0.15) is 11.5 Å². The molecule has 1 saturated carbocycles. The number of aryl methyl sites for hydroxylation is 1. The molecule has 6 heteroatoms. The van der Waals surface area contributed by atoms with Gasteiger partial charge >= 0.3 is 0 Å². The first-order chi connectivity index (χ1) is 17.9. The highest BCUT2D eigenvalue weighted by Crippen LogP contribution is 2.35. The van der Waals surface area contributed by atoms with E-state index in [-0.39, 0.29) is 11.8 Å². The van der Waals surface area contributed by atoms with Crippen molar-refractivity contribution in [2.24, 2.45) is 17.8 Å². The van der Waals surface area contributed by atoms with E-state index >= 15 is 0 Å². The zero-order valence-corrected chi connectivity index (χ0v) is 24.1. The van der Waals surface area contributed by atoms with E-state index in [4.69, 9.17) is 9.47 Å². The van der Waals surface area contributed by atoms with Crippen LogP contribution in [-0.4, -0.2) is 26.5 Å². The molecule has 0 bridgehead atoms. The van der Waals surface area contributed by atoms with E-state index in [1.54, 1.807) is 14.2 Å². The van der Waals surface area contributed by atoms with Gasteiger partial charge in [0.25, 0.3) is 0 Å². The third-order valence-electron chi connectivity index (χ3n) is 7.19. The summed E-state index contributed by atoms with van der Waals surface area (Å²) in [5.74, 6) is 3.53. The van der Waals surface area contributed by atoms with Gasteiger partial charge in [0, 0.05) is 28.9 Å². The molecular weight excluding hydrogens is 464 g/mol. The van der Waals surface area contributed by atoms with Gasteiger partial charge in [-0.2, -0.15) is 0 Å². The second kappa shape index (κ2) is 17.4. The minimum atomic E-state index is 0.160. The molecule has 2 amide bonds. The van der Waals surface area contributed by atoms with Crippen LogP contribution < -0.4 is 20.1 Å². The lowest BCUT2D eigenvalue weighted by Gasteiger charge is -2.31. The lowest BCUT2D eigenvalue weighted by molar-refractivity contribution is -0.121. The second-order valence-corrected chi connectivity index (χ2v) is 9.27. The van der Waals surface area contributed by atoms with Crippen LogP contribution in [0.25, 0.3) is 0 Å². The molecule has 0 heterocycles. The third-order valence-corrected chi connectivity index (χ3v) is 7.19. The first-order valence-electron chi connectivity index (χ1n) is 13.7. The molecular formula is C31H48N2O4. The average Bonchev–Trinajstić information content (AvgIpc) is 2.95. The Hall–Kier alpha value is -3.02. The van der Waals surface area contributed by atoms with Gasteiger partial charge in [-0.1, -0.05) is 53.2 Å². The Labute approximate surface area is 224 Å². The number of hydrogen-bond acceptors (Lipinski definition) is 4. The Kier molecular flexibility index (Phi) is 15.1. The Morgan fingerprint density at radius 2 is 1.68 bits per heavy atom. The van der Waals surface area contributed by atoms with Crippen molar-refractivity contribution < 1.29 is 19.1 Å². The van der Waals surface area contributed by atoms with Crippen molar-refractivity contribution in [2.45, 2.75) is 80.1 Å². The summed E-state index contributed by atoms with van der Waals surface area (Å²) < 4.78 is 10.5. The largest absolute Gasteiger partial charge is 0.496 e. The zero-order chi connectivity index (χ0) is 27.8. The summed E-state index contributed by atoms with van der Waals surface area (Å²) in [7, 11) is 3.28. The summed E-state index contributed by atoms with van der Waals surface area (Å²) in [5.41, 5.74) is 3.75. The molecule has 3 rings (SSSR count). The summed E-state index contributed by atoms with van der Waals surface area (Å²) in [6.07, 6.45) is 7.15. The topological polar surface area (TPSA) is 76.7 Å². The number of carbonyl (C=O) groups excluding carboxylic acids is 2. The van der Waals surface area contributed by atoms with Crippen molar-refractivity contribution in [3.63, 3.8) is 0 Å². The summed E-state index contributed by atoms with van der Waals surface area (Å²) >= 11 is 0. The predicted octanol–water partition coefficient (Wildman–Crippen LogP) is 7.65. The summed E-state index contributed by atoms with van der Waals surface area (Å²) in [5, 5.41) is 5.69. The summed E-state index contributed by atoms with van der Waals surface area (Å²) in [4.78, 5) is 22.7. The number of ether oxygens (including phenoxy) is 2. The van der Waals surface area contributed by atoms with E-state index < -0.39 is 0 Å². The van der Waals surface area contributed by atoms with E-state index in [9.17, 15) is 9.59 Å². The first kappa shape index (κ1) is 32.0. The van der Waals surface area contributed by atoms with Crippen molar-refractivity contribution >= 4 is 23.7 Å². The molecule has 0 spiro atoms. The monoisotopic (exact) mass is 512 g/mol. The molecule has 0 radical (unpaired) electrons.